The van der Waals surface area contributed by atoms with E-state index in [9.17, 15) is 39.6 Å². The maximum absolute atomic E-state index is 14.5. The lowest BCUT2D eigenvalue weighted by atomic mass is 9.43. The second kappa shape index (κ2) is 12.0. The summed E-state index contributed by atoms with van der Waals surface area (Å²) >= 11 is 0. The number of phenolic OH excluding ortho intramolecular Hbond substituents is 1. The van der Waals surface area contributed by atoms with Crippen LogP contribution in [0.25, 0.3) is 5.76 Å². The molecule has 0 heterocycles. The van der Waals surface area contributed by atoms with Crippen LogP contribution >= 0.6 is 0 Å². The highest BCUT2D eigenvalue weighted by Gasteiger charge is 2.72. The van der Waals surface area contributed by atoms with Crippen molar-refractivity contribution >= 4 is 29.1 Å². The molecule has 0 bridgehead atoms. The predicted molar refractivity (Wildman–Crippen MR) is 169 cm³/mol. The third-order valence-corrected chi connectivity index (χ3v) is 10.3. The zero-order chi connectivity index (χ0) is 33.8. The van der Waals surface area contributed by atoms with E-state index in [0.29, 0.717) is 17.7 Å². The van der Waals surface area contributed by atoms with E-state index in [1.165, 1.54) is 0 Å². The Morgan fingerprint density at radius 2 is 1.71 bits per heavy atom. The van der Waals surface area contributed by atoms with Crippen molar-refractivity contribution in [3.63, 3.8) is 0 Å². The van der Waals surface area contributed by atoms with Gasteiger partial charge in [0.15, 0.2) is 17.2 Å². The average Bonchev–Trinajstić information content (AvgIpc) is 2.92. The van der Waals surface area contributed by atoms with Crippen molar-refractivity contribution in [1.82, 2.24) is 0 Å². The van der Waals surface area contributed by atoms with Crippen LogP contribution in [0.5, 0.6) is 5.75 Å². The largest absolute Gasteiger partial charge is 0.508 e. The summed E-state index contributed by atoms with van der Waals surface area (Å²) < 4.78 is 5.33. The van der Waals surface area contributed by atoms with E-state index in [4.69, 9.17) is 4.74 Å². The van der Waals surface area contributed by atoms with E-state index in [1.54, 1.807) is 27.7 Å². The normalized spacial score (nSPS) is 27.9. The molecule has 1 unspecified atom stereocenters. The summed E-state index contributed by atoms with van der Waals surface area (Å²) in [5, 5.41) is 47.0. The van der Waals surface area contributed by atoms with Gasteiger partial charge in [0, 0.05) is 28.7 Å². The molecule has 3 aliphatic rings. The lowest BCUT2D eigenvalue weighted by Gasteiger charge is -2.60. The maximum Gasteiger partial charge on any atom is 0.306 e. The number of aliphatic hydroxyl groups excluding tert-OH is 2. The quantitative estimate of drug-likeness (QED) is 0.140. The summed E-state index contributed by atoms with van der Waals surface area (Å²) in [7, 11) is 0. The van der Waals surface area contributed by atoms with Gasteiger partial charge in [-0.2, -0.15) is 0 Å². The minimum absolute atomic E-state index is 0.0131. The molecule has 0 saturated heterocycles. The number of hydrogen-bond donors (Lipinski definition) is 4. The lowest BCUT2D eigenvalue weighted by molar-refractivity contribution is -0.178. The molecule has 9 heteroatoms. The highest BCUT2D eigenvalue weighted by Crippen LogP contribution is 2.65. The Balaban J connectivity index is 1.89. The summed E-state index contributed by atoms with van der Waals surface area (Å²) in [6.07, 6.45) is 3.13. The number of benzene rings is 1. The standard InChI is InChI=1S/C36H48O9/c1-9-10-11-14-45-24(38)13-12-21-15-22(18(2)3)23-16-34(7)17-35(8)27(19(4)5)30(40)25(20(6)37)32(42)36(35,44)33(43)28(34)31(41)26(23)29(21)39/h15,18-19,27,39,41-42,44H,9-14,16-17H2,1-8H3/t27?,34-,35-,36+/m1/s1. The number of fused-ring (bicyclic) bond motifs is 3. The number of ether oxygens (including phenoxy) is 1. The van der Waals surface area contributed by atoms with Gasteiger partial charge in [-0.15, -0.1) is 0 Å². The van der Waals surface area contributed by atoms with Gasteiger partial charge in [0.25, 0.3) is 0 Å². The van der Waals surface area contributed by atoms with Gasteiger partial charge in [0.2, 0.25) is 5.78 Å². The second-order valence-electron chi connectivity index (χ2n) is 14.4. The van der Waals surface area contributed by atoms with Crippen LogP contribution in [0.15, 0.2) is 23.0 Å². The fraction of sp³-hybridized carbons (Fsp3) is 0.611. The molecule has 0 spiro atoms. The van der Waals surface area contributed by atoms with Gasteiger partial charge in [-0.05, 0) is 61.1 Å². The van der Waals surface area contributed by atoms with Crippen LogP contribution in [0.3, 0.4) is 0 Å². The summed E-state index contributed by atoms with van der Waals surface area (Å²) in [5.74, 6) is -5.95. The number of esters is 1. The molecule has 1 saturated carbocycles. The molecule has 3 aliphatic carbocycles. The van der Waals surface area contributed by atoms with Crippen LogP contribution in [0.2, 0.25) is 0 Å². The third kappa shape index (κ3) is 5.21. The van der Waals surface area contributed by atoms with Crippen molar-refractivity contribution in [2.75, 3.05) is 6.61 Å². The van der Waals surface area contributed by atoms with Crippen LogP contribution in [-0.4, -0.2) is 56.0 Å². The van der Waals surface area contributed by atoms with Gasteiger partial charge >= 0.3 is 5.97 Å². The SMILES string of the molecule is CCCCCOC(=O)CCc1cc(C(C)C)c2c(c1O)C(O)=C1C(=O)[C@@]3(O)C(O)=C(C(C)=O)C(=O)C(C(C)C)[C@@]3(C)C[C@@]1(C)C2. The van der Waals surface area contributed by atoms with E-state index >= 15 is 0 Å². The molecule has 1 aromatic rings. The molecular weight excluding hydrogens is 576 g/mol. The number of allylic oxidation sites excluding steroid dienone is 1. The van der Waals surface area contributed by atoms with Crippen molar-refractivity contribution in [2.24, 2.45) is 22.7 Å². The first-order valence-electron chi connectivity index (χ1n) is 16.1. The number of rotatable bonds is 10. The third-order valence-electron chi connectivity index (χ3n) is 10.3. The second-order valence-corrected chi connectivity index (χ2v) is 14.4. The molecule has 0 amide bonds. The lowest BCUT2D eigenvalue weighted by Crippen LogP contribution is -2.69. The zero-order valence-corrected chi connectivity index (χ0v) is 27.8. The molecule has 45 heavy (non-hydrogen) atoms. The van der Waals surface area contributed by atoms with Gasteiger partial charge in [-0.25, -0.2) is 0 Å². The monoisotopic (exact) mass is 624 g/mol. The number of aliphatic hydroxyl groups is 3. The molecule has 1 fully saturated rings. The smallest absolute Gasteiger partial charge is 0.306 e. The first-order chi connectivity index (χ1) is 20.9. The molecule has 9 nitrogen and oxygen atoms in total. The molecular formula is C36H48O9. The Bertz CT molecular complexity index is 1510. The topological polar surface area (TPSA) is 158 Å². The Morgan fingerprint density at radius 1 is 1.07 bits per heavy atom. The Morgan fingerprint density at radius 3 is 2.27 bits per heavy atom. The minimum atomic E-state index is -2.66. The average molecular weight is 625 g/mol. The van der Waals surface area contributed by atoms with Gasteiger partial charge in [-0.3, -0.25) is 19.2 Å². The number of carbonyl (C=O) groups is 4. The van der Waals surface area contributed by atoms with Crippen molar-refractivity contribution in [2.45, 2.75) is 112 Å². The number of aryl methyl sites for hydroxylation is 1. The van der Waals surface area contributed by atoms with Gasteiger partial charge in [0.1, 0.15) is 22.8 Å². The highest BCUT2D eigenvalue weighted by molar-refractivity contribution is 6.24. The Kier molecular flexibility index (Phi) is 9.21. The van der Waals surface area contributed by atoms with Gasteiger partial charge < -0.3 is 25.2 Å². The number of aromatic hydroxyl groups is 1. The molecule has 4 N–H and O–H groups in total. The van der Waals surface area contributed by atoms with Crippen molar-refractivity contribution < 1.29 is 44.3 Å². The van der Waals surface area contributed by atoms with E-state index in [2.05, 4.69) is 6.92 Å². The van der Waals surface area contributed by atoms with E-state index in [-0.39, 0.29) is 54.4 Å². The summed E-state index contributed by atoms with van der Waals surface area (Å²) in [4.78, 5) is 53.2. The number of ketones is 3. The van der Waals surface area contributed by atoms with E-state index in [0.717, 1.165) is 31.7 Å². The molecule has 0 aliphatic heterocycles. The molecule has 0 radical (unpaired) electrons. The number of unbranched alkanes of at least 4 members (excludes halogenated alkanes) is 2. The number of carbonyl (C=O) groups excluding carboxylic acids is 4. The van der Waals surface area contributed by atoms with E-state index < -0.39 is 62.8 Å². The number of Topliss-reactive ketones (excluding diaryl/α,β-unsaturated/α-hetero) is 3. The minimum Gasteiger partial charge on any atom is -0.508 e. The number of hydrogen-bond acceptors (Lipinski definition) is 9. The van der Waals surface area contributed by atoms with E-state index in [1.807, 2.05) is 19.9 Å². The van der Waals surface area contributed by atoms with Gasteiger partial charge in [-0.1, -0.05) is 67.4 Å². The Labute approximate surface area is 265 Å². The highest BCUT2D eigenvalue weighted by atomic mass is 16.5. The molecule has 246 valence electrons. The summed E-state index contributed by atoms with van der Waals surface area (Å²) in [5.41, 5.74) is -4.07. The van der Waals surface area contributed by atoms with Gasteiger partial charge in [0.05, 0.1) is 12.2 Å². The summed E-state index contributed by atoms with van der Waals surface area (Å²) in [6.45, 7) is 14.4. The van der Waals surface area contributed by atoms with Crippen LogP contribution < -0.4 is 0 Å². The first kappa shape index (κ1) is 34.4. The predicted octanol–water partition coefficient (Wildman–Crippen LogP) is 5.98. The van der Waals surface area contributed by atoms with Crippen LogP contribution in [0.4, 0.5) is 0 Å². The van der Waals surface area contributed by atoms with Crippen molar-refractivity contribution in [3.05, 3.63) is 45.2 Å². The van der Waals surface area contributed by atoms with Crippen molar-refractivity contribution in [3.8, 4) is 5.75 Å². The zero-order valence-electron chi connectivity index (χ0n) is 27.8. The van der Waals surface area contributed by atoms with Crippen LogP contribution in [-0.2, 0) is 36.8 Å². The fourth-order valence-electron chi connectivity index (χ4n) is 8.42. The maximum atomic E-state index is 14.5. The van der Waals surface area contributed by atoms with Crippen LogP contribution in [0.1, 0.15) is 116 Å². The molecule has 4 rings (SSSR count). The van der Waals surface area contributed by atoms with Crippen molar-refractivity contribution in [1.29, 1.82) is 0 Å². The van der Waals surface area contributed by atoms with Crippen LogP contribution in [0, 0.1) is 22.7 Å². The fourth-order valence-corrected chi connectivity index (χ4v) is 8.42. The summed E-state index contributed by atoms with van der Waals surface area (Å²) in [6, 6.07) is 1.84. The molecule has 1 aromatic carbocycles. The first-order valence-corrected chi connectivity index (χ1v) is 16.1. The Hall–Kier alpha value is -3.46. The number of phenols is 1. The molecule has 0 aromatic heterocycles. The molecule has 4 atom stereocenters.